The summed E-state index contributed by atoms with van der Waals surface area (Å²) in [4.78, 5) is 17.5. The number of H-pyrrole nitrogens is 1. The standard InChI is InChI=1S/C22H24F3N7OS/c23-22(24,25)33-17-4-2-16(3-5-17)32-10-6-15-13-31(14-19(15)32)9-1-11-34-21-28-20(29-30-21)18-12-26-7-8-27-18/h2-5,7-8,12,15,19H,1,6,9-11,13-14H2,(H,28,29,30). The molecule has 2 aliphatic heterocycles. The highest BCUT2D eigenvalue weighted by molar-refractivity contribution is 7.99. The van der Waals surface area contributed by atoms with Crippen molar-refractivity contribution in [3.63, 3.8) is 0 Å². The highest BCUT2D eigenvalue weighted by atomic mass is 32.2. The van der Waals surface area contributed by atoms with Crippen LogP contribution >= 0.6 is 11.8 Å². The van der Waals surface area contributed by atoms with Crippen LogP contribution in [0, 0.1) is 5.92 Å². The van der Waals surface area contributed by atoms with Crippen LogP contribution in [0.25, 0.3) is 11.5 Å². The third-order valence-electron chi connectivity index (χ3n) is 6.15. The molecule has 12 heteroatoms. The number of nitrogens with zero attached hydrogens (tertiary/aromatic N) is 6. The predicted octanol–water partition coefficient (Wildman–Crippen LogP) is 3.85. The summed E-state index contributed by atoms with van der Waals surface area (Å²) in [6.45, 7) is 3.94. The van der Waals surface area contributed by atoms with Crippen LogP contribution in [-0.4, -0.2) is 74.4 Å². The van der Waals surface area contributed by atoms with Gasteiger partial charge in [0, 0.05) is 49.5 Å². The van der Waals surface area contributed by atoms with Crippen LogP contribution in [-0.2, 0) is 0 Å². The van der Waals surface area contributed by atoms with E-state index in [1.807, 2.05) is 0 Å². The van der Waals surface area contributed by atoms with Crippen molar-refractivity contribution in [1.82, 2.24) is 30.0 Å². The number of ether oxygens (including phenoxy) is 1. The van der Waals surface area contributed by atoms with Gasteiger partial charge in [0.1, 0.15) is 11.4 Å². The molecule has 3 aromatic rings. The van der Waals surface area contributed by atoms with Gasteiger partial charge in [-0.25, -0.2) is 4.98 Å². The van der Waals surface area contributed by atoms with Gasteiger partial charge in [-0.2, -0.15) is 4.98 Å². The molecule has 1 N–H and O–H groups in total. The van der Waals surface area contributed by atoms with E-state index < -0.39 is 6.36 Å². The summed E-state index contributed by atoms with van der Waals surface area (Å²) in [5.74, 6) is 1.92. The van der Waals surface area contributed by atoms with Gasteiger partial charge in [-0.15, -0.1) is 18.3 Å². The number of hydrogen-bond donors (Lipinski definition) is 1. The maximum absolute atomic E-state index is 12.4. The molecule has 0 bridgehead atoms. The number of nitrogens with one attached hydrogen (secondary N) is 1. The van der Waals surface area contributed by atoms with Gasteiger partial charge < -0.3 is 14.5 Å². The molecule has 2 fully saturated rings. The van der Waals surface area contributed by atoms with E-state index in [2.05, 4.69) is 39.7 Å². The third kappa shape index (κ3) is 5.44. The molecule has 2 unspecified atom stereocenters. The van der Waals surface area contributed by atoms with Crippen molar-refractivity contribution < 1.29 is 17.9 Å². The zero-order valence-electron chi connectivity index (χ0n) is 18.3. The fourth-order valence-corrected chi connectivity index (χ4v) is 5.41. The molecule has 34 heavy (non-hydrogen) atoms. The molecule has 0 aliphatic carbocycles. The highest BCUT2D eigenvalue weighted by Gasteiger charge is 2.41. The monoisotopic (exact) mass is 491 g/mol. The second-order valence-corrected chi connectivity index (χ2v) is 9.43. The van der Waals surface area contributed by atoms with E-state index in [0.29, 0.717) is 28.6 Å². The quantitative estimate of drug-likeness (QED) is 0.376. The molecule has 0 radical (unpaired) electrons. The molecule has 0 amide bonds. The van der Waals surface area contributed by atoms with Gasteiger partial charge in [-0.3, -0.25) is 10.1 Å². The van der Waals surface area contributed by atoms with Gasteiger partial charge in [0.05, 0.1) is 6.20 Å². The first-order valence-electron chi connectivity index (χ1n) is 11.1. The van der Waals surface area contributed by atoms with Gasteiger partial charge in [-0.1, -0.05) is 11.8 Å². The molecule has 1 aromatic carbocycles. The Morgan fingerprint density at radius 1 is 1.15 bits per heavy atom. The van der Waals surface area contributed by atoms with Crippen LogP contribution in [0.1, 0.15) is 12.8 Å². The number of benzene rings is 1. The van der Waals surface area contributed by atoms with Crippen LogP contribution in [0.4, 0.5) is 18.9 Å². The number of likely N-dealkylation sites (tertiary alicyclic amines) is 1. The topological polar surface area (TPSA) is 83.1 Å². The SMILES string of the molecule is FC(F)(F)Oc1ccc(N2CCC3CN(CCCSc4n[nH]c(-c5cnccn5)n4)CC32)cc1. The van der Waals surface area contributed by atoms with Gasteiger partial charge in [0.25, 0.3) is 0 Å². The average Bonchev–Trinajstić information content (AvgIpc) is 3.53. The first kappa shape index (κ1) is 22.9. The number of fused-ring (bicyclic) bond motifs is 1. The van der Waals surface area contributed by atoms with E-state index >= 15 is 0 Å². The summed E-state index contributed by atoms with van der Waals surface area (Å²) in [6, 6.07) is 6.60. The van der Waals surface area contributed by atoms with Gasteiger partial charge in [0.2, 0.25) is 5.16 Å². The molecule has 5 rings (SSSR count). The Labute approximate surface area is 198 Å². The molecule has 0 saturated carbocycles. The number of aromatic nitrogens is 5. The normalized spacial score (nSPS) is 20.6. The molecule has 2 saturated heterocycles. The third-order valence-corrected chi connectivity index (χ3v) is 7.08. The van der Waals surface area contributed by atoms with Crippen LogP contribution in [0.3, 0.4) is 0 Å². The van der Waals surface area contributed by atoms with E-state index in [4.69, 9.17) is 0 Å². The Morgan fingerprint density at radius 3 is 2.76 bits per heavy atom. The van der Waals surface area contributed by atoms with Crippen molar-refractivity contribution in [2.24, 2.45) is 5.92 Å². The maximum atomic E-state index is 12.4. The number of alkyl halides is 3. The van der Waals surface area contributed by atoms with Crippen LogP contribution in [0.15, 0.2) is 48.0 Å². The summed E-state index contributed by atoms with van der Waals surface area (Å²) >= 11 is 1.61. The van der Waals surface area contributed by atoms with E-state index in [1.165, 1.54) is 12.1 Å². The van der Waals surface area contributed by atoms with E-state index in [1.54, 1.807) is 42.5 Å². The highest BCUT2D eigenvalue weighted by Crippen LogP contribution is 2.36. The maximum Gasteiger partial charge on any atom is 0.573 e. The minimum absolute atomic E-state index is 0.187. The minimum atomic E-state index is -4.67. The zero-order chi connectivity index (χ0) is 23.5. The summed E-state index contributed by atoms with van der Waals surface area (Å²) in [5, 5.41) is 7.84. The molecule has 0 spiro atoms. The Morgan fingerprint density at radius 2 is 2.00 bits per heavy atom. The second-order valence-electron chi connectivity index (χ2n) is 8.37. The number of thioether (sulfide) groups is 1. The van der Waals surface area contributed by atoms with Gasteiger partial charge in [-0.05, 0) is 49.6 Å². The summed E-state index contributed by atoms with van der Waals surface area (Å²) in [5.41, 5.74) is 1.61. The second kappa shape index (κ2) is 9.79. The number of aromatic amines is 1. The molecule has 8 nitrogen and oxygen atoms in total. The average molecular weight is 492 g/mol. The van der Waals surface area contributed by atoms with Crippen LogP contribution in [0.5, 0.6) is 5.75 Å². The summed E-state index contributed by atoms with van der Waals surface area (Å²) in [7, 11) is 0. The summed E-state index contributed by atoms with van der Waals surface area (Å²) < 4.78 is 41.2. The lowest BCUT2D eigenvalue weighted by Gasteiger charge is -2.27. The lowest BCUT2D eigenvalue weighted by atomic mass is 10.1. The fraction of sp³-hybridized carbons (Fsp3) is 0.455. The van der Waals surface area contributed by atoms with Crippen molar-refractivity contribution in [2.75, 3.05) is 36.8 Å². The first-order valence-corrected chi connectivity index (χ1v) is 12.1. The predicted molar refractivity (Wildman–Crippen MR) is 122 cm³/mol. The number of halogens is 3. The minimum Gasteiger partial charge on any atom is -0.406 e. The molecular weight excluding hydrogens is 467 g/mol. The Kier molecular flexibility index (Phi) is 6.59. The number of rotatable bonds is 8. The van der Waals surface area contributed by atoms with Gasteiger partial charge >= 0.3 is 6.36 Å². The van der Waals surface area contributed by atoms with Crippen molar-refractivity contribution in [1.29, 1.82) is 0 Å². The molecular formula is C22H24F3N7OS. The largest absolute Gasteiger partial charge is 0.573 e. The molecule has 180 valence electrons. The molecule has 4 heterocycles. The van der Waals surface area contributed by atoms with E-state index in [9.17, 15) is 13.2 Å². The Hall–Kier alpha value is -2.86. The first-order chi connectivity index (χ1) is 16.4. The lowest BCUT2D eigenvalue weighted by Crippen LogP contribution is -2.35. The van der Waals surface area contributed by atoms with E-state index in [-0.39, 0.29) is 5.75 Å². The van der Waals surface area contributed by atoms with Crippen molar-refractivity contribution in [3.8, 4) is 17.3 Å². The zero-order valence-corrected chi connectivity index (χ0v) is 19.1. The molecule has 2 aromatic heterocycles. The molecule has 2 aliphatic rings. The Bertz CT molecular complexity index is 1080. The van der Waals surface area contributed by atoms with Gasteiger partial charge in [0.15, 0.2) is 5.82 Å². The molecule has 2 atom stereocenters. The lowest BCUT2D eigenvalue weighted by molar-refractivity contribution is -0.274. The smallest absolute Gasteiger partial charge is 0.406 e. The van der Waals surface area contributed by atoms with Crippen molar-refractivity contribution in [3.05, 3.63) is 42.9 Å². The van der Waals surface area contributed by atoms with E-state index in [0.717, 1.165) is 50.5 Å². The van der Waals surface area contributed by atoms with Crippen LogP contribution < -0.4 is 9.64 Å². The van der Waals surface area contributed by atoms with Crippen LogP contribution in [0.2, 0.25) is 0 Å². The fourth-order valence-electron chi connectivity index (χ4n) is 4.69. The number of hydrogen-bond acceptors (Lipinski definition) is 8. The van der Waals surface area contributed by atoms with Crippen molar-refractivity contribution in [2.45, 2.75) is 30.4 Å². The number of anilines is 1. The Balaban J connectivity index is 1.08. The summed E-state index contributed by atoms with van der Waals surface area (Å²) in [6.07, 6.45) is 2.32. The van der Waals surface area contributed by atoms with Crippen molar-refractivity contribution >= 4 is 17.4 Å².